The standard InChI is InChI=1S/C15H22N4S2/c1-11-15(21-10-17-11)8-19(6-13-3-4-16-5-13)7-14-9-20-12(2)18-14/h9-10,13,16H,3-8H2,1-2H3. The highest BCUT2D eigenvalue weighted by Crippen LogP contribution is 2.20. The minimum Gasteiger partial charge on any atom is -0.316 e. The van der Waals surface area contributed by atoms with Crippen molar-refractivity contribution in [3.8, 4) is 0 Å². The second-order valence-corrected chi connectivity index (χ2v) is 7.75. The molecule has 3 heterocycles. The molecule has 1 fully saturated rings. The van der Waals surface area contributed by atoms with Crippen LogP contribution < -0.4 is 5.32 Å². The van der Waals surface area contributed by atoms with E-state index in [1.54, 1.807) is 22.7 Å². The molecule has 4 nitrogen and oxygen atoms in total. The van der Waals surface area contributed by atoms with Gasteiger partial charge in [-0.15, -0.1) is 22.7 Å². The van der Waals surface area contributed by atoms with Crippen molar-refractivity contribution >= 4 is 22.7 Å². The summed E-state index contributed by atoms with van der Waals surface area (Å²) < 4.78 is 0. The molecule has 0 aliphatic carbocycles. The first kappa shape index (κ1) is 15.1. The van der Waals surface area contributed by atoms with Gasteiger partial charge in [-0.05, 0) is 39.3 Å². The second-order valence-electron chi connectivity index (χ2n) is 5.75. The van der Waals surface area contributed by atoms with Gasteiger partial charge in [0.15, 0.2) is 0 Å². The van der Waals surface area contributed by atoms with E-state index in [-0.39, 0.29) is 0 Å². The summed E-state index contributed by atoms with van der Waals surface area (Å²) >= 11 is 3.51. The topological polar surface area (TPSA) is 41.1 Å². The monoisotopic (exact) mass is 322 g/mol. The largest absolute Gasteiger partial charge is 0.316 e. The lowest BCUT2D eigenvalue weighted by molar-refractivity contribution is 0.220. The molecule has 0 radical (unpaired) electrons. The minimum atomic E-state index is 0.762. The molecule has 0 saturated carbocycles. The molecule has 0 bridgehead atoms. The molecule has 2 aromatic rings. The average molecular weight is 323 g/mol. The lowest BCUT2D eigenvalue weighted by Gasteiger charge is -2.24. The molecule has 1 saturated heterocycles. The van der Waals surface area contributed by atoms with Crippen LogP contribution in [0.15, 0.2) is 10.9 Å². The molecule has 0 amide bonds. The number of nitrogens with zero attached hydrogens (tertiary/aromatic N) is 3. The zero-order chi connectivity index (χ0) is 14.7. The van der Waals surface area contributed by atoms with Gasteiger partial charge in [0, 0.05) is 29.9 Å². The zero-order valence-corrected chi connectivity index (χ0v) is 14.3. The van der Waals surface area contributed by atoms with Crippen LogP contribution in [-0.2, 0) is 13.1 Å². The molecule has 1 unspecified atom stereocenters. The Balaban J connectivity index is 1.68. The van der Waals surface area contributed by atoms with Gasteiger partial charge in [-0.2, -0.15) is 0 Å². The summed E-state index contributed by atoms with van der Waals surface area (Å²) in [5, 5.41) is 6.81. The molecule has 21 heavy (non-hydrogen) atoms. The molecule has 2 aromatic heterocycles. The van der Waals surface area contributed by atoms with Crippen molar-refractivity contribution in [1.82, 2.24) is 20.2 Å². The summed E-state index contributed by atoms with van der Waals surface area (Å²) in [5.41, 5.74) is 4.32. The van der Waals surface area contributed by atoms with Gasteiger partial charge in [0.25, 0.3) is 0 Å². The summed E-state index contributed by atoms with van der Waals surface area (Å²) in [6, 6.07) is 0. The van der Waals surface area contributed by atoms with Crippen molar-refractivity contribution in [2.45, 2.75) is 33.4 Å². The molecule has 1 atom stereocenters. The van der Waals surface area contributed by atoms with Crippen molar-refractivity contribution in [3.05, 3.63) is 32.2 Å². The highest BCUT2D eigenvalue weighted by molar-refractivity contribution is 7.09. The van der Waals surface area contributed by atoms with Gasteiger partial charge in [-0.3, -0.25) is 4.90 Å². The van der Waals surface area contributed by atoms with Crippen LogP contribution in [-0.4, -0.2) is 34.5 Å². The minimum absolute atomic E-state index is 0.762. The lowest BCUT2D eigenvalue weighted by atomic mass is 10.1. The van der Waals surface area contributed by atoms with Crippen molar-refractivity contribution in [1.29, 1.82) is 0 Å². The van der Waals surface area contributed by atoms with Gasteiger partial charge in [0.1, 0.15) is 0 Å². The summed E-state index contributed by atoms with van der Waals surface area (Å²) in [5.74, 6) is 0.762. The summed E-state index contributed by atoms with van der Waals surface area (Å²) in [4.78, 5) is 12.9. The Labute approximate surface area is 134 Å². The normalized spacial score (nSPS) is 18.7. The first-order valence-corrected chi connectivity index (χ1v) is 9.19. The quantitative estimate of drug-likeness (QED) is 0.888. The van der Waals surface area contributed by atoms with Crippen LogP contribution in [0.4, 0.5) is 0 Å². The number of aromatic nitrogens is 2. The Bertz CT molecular complexity index is 572. The van der Waals surface area contributed by atoms with Gasteiger partial charge >= 0.3 is 0 Å². The Morgan fingerprint density at radius 1 is 1.33 bits per heavy atom. The predicted molar refractivity (Wildman–Crippen MR) is 88.8 cm³/mol. The Hall–Kier alpha value is -0.820. The van der Waals surface area contributed by atoms with E-state index in [1.165, 1.54) is 22.7 Å². The molecule has 3 rings (SSSR count). The fourth-order valence-corrected chi connectivity index (χ4v) is 4.23. The van der Waals surface area contributed by atoms with E-state index >= 15 is 0 Å². The van der Waals surface area contributed by atoms with Gasteiger partial charge in [0.2, 0.25) is 0 Å². The molecule has 114 valence electrons. The van der Waals surface area contributed by atoms with E-state index in [0.717, 1.165) is 43.6 Å². The van der Waals surface area contributed by atoms with E-state index in [2.05, 4.69) is 39.4 Å². The number of thiazole rings is 2. The molecule has 0 aromatic carbocycles. The predicted octanol–water partition coefficient (Wildman–Crippen LogP) is 2.83. The van der Waals surface area contributed by atoms with Crippen LogP contribution in [0.5, 0.6) is 0 Å². The van der Waals surface area contributed by atoms with Gasteiger partial charge in [-0.1, -0.05) is 0 Å². The third-order valence-corrected chi connectivity index (χ3v) is 5.69. The Morgan fingerprint density at radius 3 is 2.86 bits per heavy atom. The Kier molecular flexibility index (Phi) is 5.00. The number of nitrogens with one attached hydrogen (secondary N) is 1. The van der Waals surface area contributed by atoms with Crippen LogP contribution in [0, 0.1) is 19.8 Å². The number of hydrogen-bond donors (Lipinski definition) is 1. The van der Waals surface area contributed by atoms with E-state index in [9.17, 15) is 0 Å². The zero-order valence-electron chi connectivity index (χ0n) is 12.6. The maximum Gasteiger partial charge on any atom is 0.0897 e. The van der Waals surface area contributed by atoms with Crippen molar-refractivity contribution in [3.63, 3.8) is 0 Å². The van der Waals surface area contributed by atoms with Gasteiger partial charge in [-0.25, -0.2) is 9.97 Å². The van der Waals surface area contributed by atoms with E-state index < -0.39 is 0 Å². The summed E-state index contributed by atoms with van der Waals surface area (Å²) in [6.45, 7) is 9.56. The summed E-state index contributed by atoms with van der Waals surface area (Å²) in [6.07, 6.45) is 1.29. The Morgan fingerprint density at radius 2 is 2.24 bits per heavy atom. The number of rotatable bonds is 6. The van der Waals surface area contributed by atoms with Crippen LogP contribution >= 0.6 is 22.7 Å². The molecule has 1 N–H and O–H groups in total. The molecular formula is C15H22N4S2. The van der Waals surface area contributed by atoms with E-state index in [0.29, 0.717) is 0 Å². The summed E-state index contributed by atoms with van der Waals surface area (Å²) in [7, 11) is 0. The smallest absolute Gasteiger partial charge is 0.0897 e. The molecule has 0 spiro atoms. The van der Waals surface area contributed by atoms with Crippen LogP contribution in [0.2, 0.25) is 0 Å². The van der Waals surface area contributed by atoms with Crippen LogP contribution in [0.3, 0.4) is 0 Å². The van der Waals surface area contributed by atoms with Crippen molar-refractivity contribution in [2.75, 3.05) is 19.6 Å². The second kappa shape index (κ2) is 6.96. The van der Waals surface area contributed by atoms with E-state index in [1.807, 2.05) is 5.51 Å². The fourth-order valence-electron chi connectivity index (χ4n) is 2.81. The first-order valence-electron chi connectivity index (χ1n) is 7.43. The highest BCUT2D eigenvalue weighted by atomic mass is 32.1. The van der Waals surface area contributed by atoms with Crippen LogP contribution in [0.25, 0.3) is 0 Å². The molecule has 1 aliphatic rings. The lowest BCUT2D eigenvalue weighted by Crippen LogP contribution is -2.30. The van der Waals surface area contributed by atoms with E-state index in [4.69, 9.17) is 0 Å². The third-order valence-electron chi connectivity index (χ3n) is 3.94. The average Bonchev–Trinajstić information content (AvgIpc) is 3.16. The number of aryl methyl sites for hydroxylation is 2. The van der Waals surface area contributed by atoms with Gasteiger partial charge in [0.05, 0.1) is 21.9 Å². The first-order chi connectivity index (χ1) is 10.2. The highest BCUT2D eigenvalue weighted by Gasteiger charge is 2.20. The maximum absolute atomic E-state index is 4.63. The third kappa shape index (κ3) is 4.10. The fraction of sp³-hybridized carbons (Fsp3) is 0.600. The van der Waals surface area contributed by atoms with Crippen molar-refractivity contribution in [2.24, 2.45) is 5.92 Å². The molecule has 1 aliphatic heterocycles. The van der Waals surface area contributed by atoms with Crippen molar-refractivity contribution < 1.29 is 0 Å². The SMILES string of the molecule is Cc1nc(CN(Cc2scnc2C)CC2CCNC2)cs1. The van der Waals surface area contributed by atoms with Gasteiger partial charge < -0.3 is 5.32 Å². The maximum atomic E-state index is 4.63. The molecular weight excluding hydrogens is 300 g/mol. The van der Waals surface area contributed by atoms with Crippen LogP contribution in [0.1, 0.15) is 27.7 Å². The molecule has 6 heteroatoms. The number of hydrogen-bond acceptors (Lipinski definition) is 6.